The van der Waals surface area contributed by atoms with E-state index in [0.717, 1.165) is 22.1 Å². The molecule has 0 saturated carbocycles. The number of imidazole rings is 1. The fourth-order valence-corrected chi connectivity index (χ4v) is 3.82. The molecule has 0 amide bonds. The summed E-state index contributed by atoms with van der Waals surface area (Å²) < 4.78 is 8.82. The molecule has 0 bridgehead atoms. The lowest BCUT2D eigenvalue weighted by Gasteiger charge is -2.10. The predicted molar refractivity (Wildman–Crippen MR) is 107 cm³/mol. The molecule has 6 nitrogen and oxygen atoms in total. The Balaban J connectivity index is 1.61. The number of aromatic nitrogens is 4. The first kappa shape index (κ1) is 17.4. The lowest BCUT2D eigenvalue weighted by atomic mass is 10.2. The van der Waals surface area contributed by atoms with Crippen LogP contribution in [0.3, 0.4) is 0 Å². The Hall–Kier alpha value is -3.06. The van der Waals surface area contributed by atoms with E-state index >= 15 is 0 Å². The molecule has 0 aliphatic rings. The SMILES string of the molecule is COc1ccc(-n2ccnc2SCc2nc3ccccc3c(=O)n2C)cc1. The molecule has 0 aliphatic carbocycles. The molecule has 0 atom stereocenters. The zero-order chi connectivity index (χ0) is 18.8. The minimum atomic E-state index is -0.0327. The van der Waals surface area contributed by atoms with Crippen molar-refractivity contribution in [3.05, 3.63) is 77.1 Å². The first-order valence-electron chi connectivity index (χ1n) is 8.42. The van der Waals surface area contributed by atoms with E-state index in [1.54, 1.807) is 42.7 Å². The molecule has 7 heteroatoms. The van der Waals surface area contributed by atoms with Gasteiger partial charge in [0.25, 0.3) is 5.56 Å². The molecule has 0 spiro atoms. The highest BCUT2D eigenvalue weighted by Gasteiger charge is 2.11. The van der Waals surface area contributed by atoms with Gasteiger partial charge in [-0.15, -0.1) is 0 Å². The molecule has 0 fully saturated rings. The molecule has 0 aliphatic heterocycles. The first-order chi connectivity index (χ1) is 13.2. The van der Waals surface area contributed by atoms with Gasteiger partial charge in [-0.25, -0.2) is 9.97 Å². The molecule has 0 N–H and O–H groups in total. The molecule has 2 heterocycles. The second kappa shape index (κ2) is 7.28. The maximum Gasteiger partial charge on any atom is 0.261 e. The second-order valence-electron chi connectivity index (χ2n) is 5.98. The zero-order valence-corrected chi connectivity index (χ0v) is 15.8. The van der Waals surface area contributed by atoms with Crippen LogP contribution in [-0.4, -0.2) is 26.2 Å². The number of benzene rings is 2. The first-order valence-corrected chi connectivity index (χ1v) is 9.41. The Bertz CT molecular complexity index is 1150. The van der Waals surface area contributed by atoms with Crippen molar-refractivity contribution in [1.82, 2.24) is 19.1 Å². The number of methoxy groups -OCH3 is 1. The fraction of sp³-hybridized carbons (Fsp3) is 0.150. The molecular formula is C20H18N4O2S. The Kier molecular flexibility index (Phi) is 4.68. The smallest absolute Gasteiger partial charge is 0.261 e. The Morgan fingerprint density at radius 3 is 2.67 bits per heavy atom. The minimum Gasteiger partial charge on any atom is -0.497 e. The summed E-state index contributed by atoms with van der Waals surface area (Å²) in [6.07, 6.45) is 3.68. The van der Waals surface area contributed by atoms with Gasteiger partial charge in [0, 0.05) is 25.1 Å². The van der Waals surface area contributed by atoms with Crippen molar-refractivity contribution in [3.8, 4) is 11.4 Å². The topological polar surface area (TPSA) is 61.9 Å². The molecule has 0 saturated heterocycles. The number of hydrogen-bond acceptors (Lipinski definition) is 5. The molecule has 0 radical (unpaired) electrons. The van der Waals surface area contributed by atoms with Gasteiger partial charge >= 0.3 is 0 Å². The summed E-state index contributed by atoms with van der Waals surface area (Å²) in [4.78, 5) is 21.6. The van der Waals surface area contributed by atoms with Crippen LogP contribution < -0.4 is 10.3 Å². The number of para-hydroxylation sites is 1. The van der Waals surface area contributed by atoms with Crippen molar-refractivity contribution < 1.29 is 4.74 Å². The number of thioether (sulfide) groups is 1. The van der Waals surface area contributed by atoms with Gasteiger partial charge in [-0.3, -0.25) is 13.9 Å². The van der Waals surface area contributed by atoms with E-state index in [4.69, 9.17) is 4.74 Å². The Morgan fingerprint density at radius 1 is 1.11 bits per heavy atom. The summed E-state index contributed by atoms with van der Waals surface area (Å²) in [5, 5.41) is 1.47. The van der Waals surface area contributed by atoms with Crippen LogP contribution in [0.2, 0.25) is 0 Å². The van der Waals surface area contributed by atoms with Gasteiger partial charge in [-0.05, 0) is 36.4 Å². The summed E-state index contributed by atoms with van der Waals surface area (Å²) in [5.74, 6) is 2.07. The van der Waals surface area contributed by atoms with Gasteiger partial charge in [-0.1, -0.05) is 23.9 Å². The Morgan fingerprint density at radius 2 is 1.89 bits per heavy atom. The van der Waals surface area contributed by atoms with Gasteiger partial charge in [0.2, 0.25) is 0 Å². The Labute approximate surface area is 160 Å². The van der Waals surface area contributed by atoms with Crippen LogP contribution >= 0.6 is 11.8 Å². The van der Waals surface area contributed by atoms with Crippen LogP contribution in [-0.2, 0) is 12.8 Å². The van der Waals surface area contributed by atoms with Crippen LogP contribution in [0.5, 0.6) is 5.75 Å². The van der Waals surface area contributed by atoms with E-state index < -0.39 is 0 Å². The van der Waals surface area contributed by atoms with Gasteiger partial charge < -0.3 is 4.74 Å². The van der Waals surface area contributed by atoms with E-state index in [0.29, 0.717) is 17.0 Å². The van der Waals surface area contributed by atoms with Crippen LogP contribution in [0.1, 0.15) is 5.82 Å². The van der Waals surface area contributed by atoms with Crippen LogP contribution in [0, 0.1) is 0 Å². The number of ether oxygens (including phenoxy) is 1. The number of rotatable bonds is 5. The third-order valence-electron chi connectivity index (χ3n) is 4.36. The molecule has 2 aromatic carbocycles. The van der Waals surface area contributed by atoms with Crippen molar-refractivity contribution in [2.45, 2.75) is 10.9 Å². The van der Waals surface area contributed by atoms with Crippen LogP contribution in [0.4, 0.5) is 0 Å². The lowest BCUT2D eigenvalue weighted by molar-refractivity contribution is 0.414. The van der Waals surface area contributed by atoms with Crippen molar-refractivity contribution in [1.29, 1.82) is 0 Å². The van der Waals surface area contributed by atoms with Gasteiger partial charge in [-0.2, -0.15) is 0 Å². The molecule has 4 aromatic rings. The normalized spacial score (nSPS) is 11.0. The van der Waals surface area contributed by atoms with Crippen molar-refractivity contribution in [2.24, 2.45) is 7.05 Å². The van der Waals surface area contributed by atoms with E-state index in [2.05, 4.69) is 9.97 Å². The summed E-state index contributed by atoms with van der Waals surface area (Å²) in [6.45, 7) is 0. The average Bonchev–Trinajstić information content (AvgIpc) is 3.18. The quantitative estimate of drug-likeness (QED) is 0.498. The number of hydrogen-bond donors (Lipinski definition) is 0. The van der Waals surface area contributed by atoms with Crippen molar-refractivity contribution in [3.63, 3.8) is 0 Å². The lowest BCUT2D eigenvalue weighted by Crippen LogP contribution is -2.21. The summed E-state index contributed by atoms with van der Waals surface area (Å²) in [5.41, 5.74) is 1.68. The molecule has 0 unspecified atom stereocenters. The number of fused-ring (bicyclic) bond motifs is 1. The standard InChI is InChI=1S/C20H18N4O2S/c1-23-18(22-17-6-4-3-5-16(17)19(23)25)13-27-20-21-11-12-24(20)14-7-9-15(26-2)10-8-14/h3-12H,13H2,1-2H3. The van der Waals surface area contributed by atoms with Gasteiger partial charge in [0.1, 0.15) is 11.6 Å². The predicted octanol–water partition coefficient (Wildman–Crippen LogP) is 3.42. The van der Waals surface area contributed by atoms with Crippen molar-refractivity contribution >= 4 is 22.7 Å². The van der Waals surface area contributed by atoms with E-state index in [1.165, 1.54) is 0 Å². The zero-order valence-electron chi connectivity index (χ0n) is 15.0. The third-order valence-corrected chi connectivity index (χ3v) is 5.33. The largest absolute Gasteiger partial charge is 0.497 e. The molecule has 27 heavy (non-hydrogen) atoms. The summed E-state index contributed by atoms with van der Waals surface area (Å²) in [6, 6.07) is 15.2. The molecule has 4 rings (SSSR count). The van der Waals surface area contributed by atoms with Gasteiger partial charge in [0.15, 0.2) is 5.16 Å². The average molecular weight is 378 g/mol. The molecule has 136 valence electrons. The highest BCUT2D eigenvalue weighted by Crippen LogP contribution is 2.24. The fourth-order valence-electron chi connectivity index (χ4n) is 2.86. The van der Waals surface area contributed by atoms with Crippen LogP contribution in [0.25, 0.3) is 16.6 Å². The highest BCUT2D eigenvalue weighted by molar-refractivity contribution is 7.98. The summed E-state index contributed by atoms with van der Waals surface area (Å²) >= 11 is 1.54. The molecule has 2 aromatic heterocycles. The monoisotopic (exact) mass is 378 g/mol. The highest BCUT2D eigenvalue weighted by atomic mass is 32.2. The van der Waals surface area contributed by atoms with Gasteiger partial charge in [0.05, 0.1) is 23.8 Å². The van der Waals surface area contributed by atoms with E-state index in [9.17, 15) is 4.79 Å². The third kappa shape index (κ3) is 3.33. The maximum absolute atomic E-state index is 12.5. The molecular weight excluding hydrogens is 360 g/mol. The van der Waals surface area contributed by atoms with Crippen LogP contribution in [0.15, 0.2) is 70.9 Å². The minimum absolute atomic E-state index is 0.0327. The van der Waals surface area contributed by atoms with Crippen molar-refractivity contribution in [2.75, 3.05) is 7.11 Å². The summed E-state index contributed by atoms with van der Waals surface area (Å²) in [7, 11) is 3.40. The maximum atomic E-state index is 12.5. The number of nitrogens with zero attached hydrogens (tertiary/aromatic N) is 4. The van der Waals surface area contributed by atoms with E-state index in [-0.39, 0.29) is 5.56 Å². The van der Waals surface area contributed by atoms with E-state index in [1.807, 2.05) is 53.2 Å². The second-order valence-corrected chi connectivity index (χ2v) is 6.92.